The van der Waals surface area contributed by atoms with E-state index in [-0.39, 0.29) is 6.04 Å². The van der Waals surface area contributed by atoms with Gasteiger partial charge < -0.3 is 5.32 Å². The number of nitrogens with one attached hydrogen (secondary N) is 1. The van der Waals surface area contributed by atoms with Crippen LogP contribution in [0.1, 0.15) is 24.2 Å². The zero-order valence-electron chi connectivity index (χ0n) is 10.3. The molecule has 18 heavy (non-hydrogen) atoms. The molecule has 1 atom stereocenters. The predicted octanol–water partition coefficient (Wildman–Crippen LogP) is 3.58. The minimum atomic E-state index is 0.150. The van der Waals surface area contributed by atoms with Crippen LogP contribution in [0.5, 0.6) is 0 Å². The van der Waals surface area contributed by atoms with Crippen molar-refractivity contribution in [2.75, 3.05) is 7.05 Å². The maximum absolute atomic E-state index is 4.34. The van der Waals surface area contributed by atoms with E-state index in [0.29, 0.717) is 0 Å². The monoisotopic (exact) mass is 419 g/mol. The largest absolute Gasteiger partial charge is 0.308 e. The Hall–Kier alpha value is -0.400. The average molecular weight is 420 g/mol. The van der Waals surface area contributed by atoms with E-state index in [2.05, 4.69) is 80.1 Å². The fourth-order valence-corrected chi connectivity index (χ4v) is 3.04. The zero-order chi connectivity index (χ0) is 13.1. The Kier molecular flexibility index (Phi) is 4.80. The number of aryl methyl sites for hydroxylation is 1. The smallest absolute Gasteiger partial charge is 0.0757 e. The maximum atomic E-state index is 4.34. The summed E-state index contributed by atoms with van der Waals surface area (Å²) in [5.41, 5.74) is 2.42. The molecule has 1 heterocycles. The molecule has 2 rings (SSSR count). The molecule has 0 amide bonds. The lowest BCUT2D eigenvalue weighted by atomic mass is 10.0. The van der Waals surface area contributed by atoms with E-state index in [9.17, 15) is 0 Å². The van der Waals surface area contributed by atoms with Gasteiger partial charge in [-0.1, -0.05) is 15.9 Å². The summed E-state index contributed by atoms with van der Waals surface area (Å²) in [5.74, 6) is 0. The van der Waals surface area contributed by atoms with Gasteiger partial charge in [-0.25, -0.2) is 0 Å². The number of aromatic nitrogens is 2. The summed E-state index contributed by atoms with van der Waals surface area (Å²) >= 11 is 5.97. The number of hydrogen-bond donors (Lipinski definition) is 1. The minimum absolute atomic E-state index is 0.150. The standard InChI is InChI=1S/C13H15BrIN3/c1-3-18-12(6-7-17-18)13(16-2)10-8-9(15)4-5-11(10)14/h4-8,13,16H,3H2,1-2H3. The van der Waals surface area contributed by atoms with Crippen LogP contribution in [0.4, 0.5) is 0 Å². The van der Waals surface area contributed by atoms with Crippen LogP contribution in [0.2, 0.25) is 0 Å². The fourth-order valence-electron chi connectivity index (χ4n) is 2.05. The van der Waals surface area contributed by atoms with Crippen molar-refractivity contribution in [1.29, 1.82) is 0 Å². The van der Waals surface area contributed by atoms with Crippen LogP contribution < -0.4 is 5.32 Å². The first-order chi connectivity index (χ1) is 8.67. The number of nitrogens with zero attached hydrogens (tertiary/aromatic N) is 2. The van der Waals surface area contributed by atoms with Gasteiger partial charge in [-0.3, -0.25) is 4.68 Å². The van der Waals surface area contributed by atoms with Crippen LogP contribution >= 0.6 is 38.5 Å². The number of halogens is 2. The van der Waals surface area contributed by atoms with Gasteiger partial charge in [0.1, 0.15) is 0 Å². The van der Waals surface area contributed by atoms with Gasteiger partial charge in [-0.2, -0.15) is 5.10 Å². The Morgan fingerprint density at radius 3 is 2.89 bits per heavy atom. The molecule has 5 heteroatoms. The molecular formula is C13H15BrIN3. The molecule has 0 fully saturated rings. The molecule has 0 aliphatic heterocycles. The highest BCUT2D eigenvalue weighted by molar-refractivity contribution is 14.1. The summed E-state index contributed by atoms with van der Waals surface area (Å²) in [6.45, 7) is 2.98. The fraction of sp³-hybridized carbons (Fsp3) is 0.308. The first kappa shape index (κ1) is 14.0. The molecular weight excluding hydrogens is 405 g/mol. The van der Waals surface area contributed by atoms with E-state index in [4.69, 9.17) is 0 Å². The van der Waals surface area contributed by atoms with Crippen LogP contribution in [-0.4, -0.2) is 16.8 Å². The van der Waals surface area contributed by atoms with Crippen molar-refractivity contribution in [2.24, 2.45) is 0 Å². The Labute approximate surface area is 129 Å². The number of benzene rings is 1. The Morgan fingerprint density at radius 1 is 1.44 bits per heavy atom. The third-order valence-electron chi connectivity index (χ3n) is 2.90. The van der Waals surface area contributed by atoms with Crippen LogP contribution in [0.15, 0.2) is 34.9 Å². The highest BCUT2D eigenvalue weighted by atomic mass is 127. The summed E-state index contributed by atoms with van der Waals surface area (Å²) < 4.78 is 4.37. The topological polar surface area (TPSA) is 29.9 Å². The molecule has 0 saturated heterocycles. The average Bonchev–Trinajstić information content (AvgIpc) is 2.83. The highest BCUT2D eigenvalue weighted by Gasteiger charge is 2.18. The molecule has 0 aliphatic rings. The van der Waals surface area contributed by atoms with Crippen molar-refractivity contribution in [1.82, 2.24) is 15.1 Å². The lowest BCUT2D eigenvalue weighted by Gasteiger charge is -2.19. The second-order valence-electron chi connectivity index (χ2n) is 3.96. The van der Waals surface area contributed by atoms with Crippen molar-refractivity contribution in [2.45, 2.75) is 19.5 Å². The van der Waals surface area contributed by atoms with Crippen molar-refractivity contribution in [3.05, 3.63) is 49.8 Å². The summed E-state index contributed by atoms with van der Waals surface area (Å²) in [6.07, 6.45) is 1.85. The third kappa shape index (κ3) is 2.78. The molecule has 0 saturated carbocycles. The van der Waals surface area contributed by atoms with Crippen LogP contribution in [0, 0.1) is 3.57 Å². The van der Waals surface area contributed by atoms with Crippen molar-refractivity contribution >= 4 is 38.5 Å². The van der Waals surface area contributed by atoms with Crippen LogP contribution in [0.25, 0.3) is 0 Å². The molecule has 3 nitrogen and oxygen atoms in total. The molecule has 1 unspecified atom stereocenters. The molecule has 1 N–H and O–H groups in total. The van der Waals surface area contributed by atoms with Crippen LogP contribution in [0.3, 0.4) is 0 Å². The van der Waals surface area contributed by atoms with E-state index in [1.807, 2.05) is 17.9 Å². The van der Waals surface area contributed by atoms with E-state index in [0.717, 1.165) is 11.0 Å². The van der Waals surface area contributed by atoms with Gasteiger partial charge in [0.05, 0.1) is 11.7 Å². The van der Waals surface area contributed by atoms with Gasteiger partial charge in [-0.05, 0) is 66.4 Å². The van der Waals surface area contributed by atoms with E-state index in [1.54, 1.807) is 0 Å². The molecule has 0 spiro atoms. The second kappa shape index (κ2) is 6.16. The molecule has 2 aromatic rings. The van der Waals surface area contributed by atoms with Gasteiger partial charge in [-0.15, -0.1) is 0 Å². The molecule has 96 valence electrons. The maximum Gasteiger partial charge on any atom is 0.0757 e. The van der Waals surface area contributed by atoms with Crippen molar-refractivity contribution in [3.8, 4) is 0 Å². The predicted molar refractivity (Wildman–Crippen MR) is 85.7 cm³/mol. The molecule has 0 aliphatic carbocycles. The molecule has 0 bridgehead atoms. The highest BCUT2D eigenvalue weighted by Crippen LogP contribution is 2.29. The summed E-state index contributed by atoms with van der Waals surface area (Å²) in [6, 6.07) is 8.60. The summed E-state index contributed by atoms with van der Waals surface area (Å²) in [7, 11) is 1.98. The zero-order valence-corrected chi connectivity index (χ0v) is 14.1. The SMILES string of the molecule is CCn1nccc1C(NC)c1cc(I)ccc1Br. The van der Waals surface area contributed by atoms with Gasteiger partial charge in [0.15, 0.2) is 0 Å². The molecule has 0 radical (unpaired) electrons. The Balaban J connectivity index is 2.48. The van der Waals surface area contributed by atoms with Crippen molar-refractivity contribution in [3.63, 3.8) is 0 Å². The molecule has 1 aromatic carbocycles. The summed E-state index contributed by atoms with van der Waals surface area (Å²) in [5, 5.41) is 7.71. The summed E-state index contributed by atoms with van der Waals surface area (Å²) in [4.78, 5) is 0. The van der Waals surface area contributed by atoms with Gasteiger partial charge in [0, 0.05) is 20.8 Å². The Bertz CT molecular complexity index is 539. The van der Waals surface area contributed by atoms with Crippen molar-refractivity contribution < 1.29 is 0 Å². The molecule has 1 aromatic heterocycles. The second-order valence-corrected chi connectivity index (χ2v) is 6.06. The number of hydrogen-bond acceptors (Lipinski definition) is 2. The first-order valence-electron chi connectivity index (χ1n) is 5.81. The van der Waals surface area contributed by atoms with Crippen LogP contribution in [-0.2, 0) is 6.54 Å². The minimum Gasteiger partial charge on any atom is -0.308 e. The lowest BCUT2D eigenvalue weighted by Crippen LogP contribution is -2.22. The lowest BCUT2D eigenvalue weighted by molar-refractivity contribution is 0.562. The Morgan fingerprint density at radius 2 is 2.22 bits per heavy atom. The van der Waals surface area contributed by atoms with Gasteiger partial charge >= 0.3 is 0 Å². The van der Waals surface area contributed by atoms with E-state index in [1.165, 1.54) is 14.8 Å². The van der Waals surface area contributed by atoms with E-state index >= 15 is 0 Å². The normalized spacial score (nSPS) is 12.7. The number of rotatable bonds is 4. The van der Waals surface area contributed by atoms with Gasteiger partial charge in [0.25, 0.3) is 0 Å². The first-order valence-corrected chi connectivity index (χ1v) is 7.68. The quantitative estimate of drug-likeness (QED) is 0.767. The third-order valence-corrected chi connectivity index (χ3v) is 4.30. The van der Waals surface area contributed by atoms with Gasteiger partial charge in [0.2, 0.25) is 0 Å². The van der Waals surface area contributed by atoms with E-state index < -0.39 is 0 Å².